The highest BCUT2D eigenvalue weighted by atomic mass is 19.1. The van der Waals surface area contributed by atoms with E-state index in [9.17, 15) is 13.6 Å². The Bertz CT molecular complexity index is 355. The second kappa shape index (κ2) is 3.26. The van der Waals surface area contributed by atoms with E-state index >= 15 is 0 Å². The van der Waals surface area contributed by atoms with Crippen LogP contribution in [0.25, 0.3) is 0 Å². The van der Waals surface area contributed by atoms with Crippen LogP contribution < -0.4 is 16.2 Å². The topological polar surface area (TPSA) is 78.3 Å². The van der Waals surface area contributed by atoms with Crippen molar-refractivity contribution in [3.63, 3.8) is 0 Å². The molecule has 0 aliphatic rings. The molecule has 0 aliphatic carbocycles. The lowest BCUT2D eigenvalue weighted by Crippen LogP contribution is -2.17. The van der Waals surface area contributed by atoms with Gasteiger partial charge in [0, 0.05) is 12.1 Å². The van der Waals surface area contributed by atoms with Gasteiger partial charge in [0.2, 0.25) is 0 Å². The molecule has 4 N–H and O–H groups in total. The molecular formula is C7H6F2N2O2. The molecule has 0 saturated carbocycles. The number of nitrogens with two attached hydrogens (primary N) is 2. The Morgan fingerprint density at radius 1 is 1.31 bits per heavy atom. The van der Waals surface area contributed by atoms with Gasteiger partial charge in [-0.25, -0.2) is 13.6 Å². The summed E-state index contributed by atoms with van der Waals surface area (Å²) in [6, 6.07) is 1.35. The summed E-state index contributed by atoms with van der Waals surface area (Å²) < 4.78 is 29.5. The molecule has 0 heterocycles. The van der Waals surface area contributed by atoms with E-state index in [0.29, 0.717) is 6.07 Å². The zero-order valence-corrected chi connectivity index (χ0v) is 6.38. The van der Waals surface area contributed by atoms with Gasteiger partial charge in [-0.2, -0.15) is 0 Å². The predicted molar refractivity (Wildman–Crippen MR) is 41.0 cm³/mol. The molecule has 0 saturated heterocycles. The smallest absolute Gasteiger partial charge is 0.407 e. The maximum atomic E-state index is 12.8. The SMILES string of the molecule is NC(=O)Oc1cc(N)c(F)cc1F. The van der Waals surface area contributed by atoms with Gasteiger partial charge in [0.05, 0.1) is 5.69 Å². The zero-order chi connectivity index (χ0) is 10.0. The zero-order valence-electron chi connectivity index (χ0n) is 6.38. The number of primary amides is 1. The van der Waals surface area contributed by atoms with Crippen molar-refractivity contribution in [2.45, 2.75) is 0 Å². The Labute approximate surface area is 72.1 Å². The number of ether oxygens (including phenoxy) is 1. The Morgan fingerprint density at radius 2 is 1.92 bits per heavy atom. The normalized spacial score (nSPS) is 9.69. The molecule has 1 amide bonds. The molecule has 0 fully saturated rings. The van der Waals surface area contributed by atoms with Gasteiger partial charge in [-0.3, -0.25) is 0 Å². The second-order valence-electron chi connectivity index (χ2n) is 2.23. The van der Waals surface area contributed by atoms with Crippen LogP contribution in [0, 0.1) is 11.6 Å². The Morgan fingerprint density at radius 3 is 2.46 bits per heavy atom. The average molecular weight is 188 g/mol. The number of hydrogen-bond donors (Lipinski definition) is 2. The largest absolute Gasteiger partial charge is 0.410 e. The first-order chi connectivity index (χ1) is 6.00. The van der Waals surface area contributed by atoms with Gasteiger partial charge in [0.1, 0.15) is 5.82 Å². The predicted octanol–water partition coefficient (Wildman–Crippen LogP) is 1.00. The number of nitrogen functional groups attached to an aromatic ring is 1. The minimum atomic E-state index is -1.19. The number of hydrogen-bond acceptors (Lipinski definition) is 3. The van der Waals surface area contributed by atoms with Crippen LogP contribution >= 0.6 is 0 Å². The van der Waals surface area contributed by atoms with Crippen molar-refractivity contribution in [3.8, 4) is 5.75 Å². The fourth-order valence-corrected chi connectivity index (χ4v) is 0.731. The lowest BCUT2D eigenvalue weighted by Gasteiger charge is -2.03. The van der Waals surface area contributed by atoms with Crippen molar-refractivity contribution >= 4 is 11.8 Å². The second-order valence-corrected chi connectivity index (χ2v) is 2.23. The van der Waals surface area contributed by atoms with Crippen LogP contribution in [0.1, 0.15) is 0 Å². The highest BCUT2D eigenvalue weighted by molar-refractivity contribution is 5.68. The summed E-state index contributed by atoms with van der Waals surface area (Å²) in [5.74, 6) is -2.45. The van der Waals surface area contributed by atoms with Gasteiger partial charge < -0.3 is 16.2 Å². The molecule has 4 nitrogen and oxygen atoms in total. The lowest BCUT2D eigenvalue weighted by atomic mass is 10.3. The number of anilines is 1. The monoisotopic (exact) mass is 188 g/mol. The summed E-state index contributed by atoms with van der Waals surface area (Å²) in [6.07, 6.45) is -1.19. The van der Waals surface area contributed by atoms with Gasteiger partial charge >= 0.3 is 6.09 Å². The number of carbonyl (C=O) groups is 1. The van der Waals surface area contributed by atoms with E-state index in [1.54, 1.807) is 0 Å². The standard InChI is InChI=1S/C7H6F2N2O2/c8-3-1-4(9)6(2-5(3)10)13-7(11)12/h1-2H,10H2,(H2,11,12). The van der Waals surface area contributed by atoms with Crippen LogP contribution in [-0.4, -0.2) is 6.09 Å². The van der Waals surface area contributed by atoms with E-state index in [-0.39, 0.29) is 5.69 Å². The minimum absolute atomic E-state index is 0.322. The van der Waals surface area contributed by atoms with E-state index in [1.165, 1.54) is 0 Å². The fourth-order valence-electron chi connectivity index (χ4n) is 0.731. The van der Waals surface area contributed by atoms with E-state index < -0.39 is 23.5 Å². The Kier molecular flexibility index (Phi) is 2.32. The van der Waals surface area contributed by atoms with Crippen LogP contribution in [0.2, 0.25) is 0 Å². The third-order valence-electron chi connectivity index (χ3n) is 1.26. The summed E-state index contributed by atoms with van der Waals surface area (Å²) in [5, 5.41) is 0. The van der Waals surface area contributed by atoms with Crippen molar-refractivity contribution < 1.29 is 18.3 Å². The maximum Gasteiger partial charge on any atom is 0.410 e. The van der Waals surface area contributed by atoms with Crippen LogP contribution in [0.15, 0.2) is 12.1 Å². The summed E-state index contributed by atoms with van der Waals surface area (Å²) in [6.45, 7) is 0. The summed E-state index contributed by atoms with van der Waals surface area (Å²) in [5.41, 5.74) is 9.39. The molecule has 0 bridgehead atoms. The molecule has 0 atom stereocenters. The summed E-state index contributed by atoms with van der Waals surface area (Å²) in [4.78, 5) is 10.2. The van der Waals surface area contributed by atoms with E-state index in [0.717, 1.165) is 6.07 Å². The number of benzene rings is 1. The Balaban J connectivity index is 3.08. The quantitative estimate of drug-likeness (QED) is 0.645. The van der Waals surface area contributed by atoms with Crippen LogP contribution in [0.4, 0.5) is 19.3 Å². The molecule has 0 radical (unpaired) electrons. The van der Waals surface area contributed by atoms with Crippen LogP contribution in [0.5, 0.6) is 5.75 Å². The van der Waals surface area contributed by atoms with Gasteiger partial charge in [-0.05, 0) is 0 Å². The molecule has 0 spiro atoms. The van der Waals surface area contributed by atoms with Crippen molar-refractivity contribution in [1.29, 1.82) is 0 Å². The van der Waals surface area contributed by atoms with E-state index in [4.69, 9.17) is 5.73 Å². The third-order valence-corrected chi connectivity index (χ3v) is 1.26. The van der Waals surface area contributed by atoms with Gasteiger partial charge in [-0.15, -0.1) is 0 Å². The highest BCUT2D eigenvalue weighted by Gasteiger charge is 2.10. The van der Waals surface area contributed by atoms with E-state index in [1.807, 2.05) is 0 Å². The molecule has 1 aromatic rings. The molecule has 1 rings (SSSR count). The van der Waals surface area contributed by atoms with Crippen molar-refractivity contribution in [3.05, 3.63) is 23.8 Å². The first-order valence-electron chi connectivity index (χ1n) is 3.22. The van der Waals surface area contributed by atoms with Crippen molar-refractivity contribution in [1.82, 2.24) is 0 Å². The number of amides is 1. The van der Waals surface area contributed by atoms with Crippen molar-refractivity contribution in [2.75, 3.05) is 5.73 Å². The fraction of sp³-hybridized carbons (Fsp3) is 0. The Hall–Kier alpha value is -1.85. The lowest BCUT2D eigenvalue weighted by molar-refractivity contribution is 0.208. The first kappa shape index (κ1) is 9.24. The third kappa shape index (κ3) is 2.05. The molecular weight excluding hydrogens is 182 g/mol. The van der Waals surface area contributed by atoms with Crippen LogP contribution in [0.3, 0.4) is 0 Å². The molecule has 1 aromatic carbocycles. The average Bonchev–Trinajstić information content (AvgIpc) is 1.99. The van der Waals surface area contributed by atoms with Gasteiger partial charge in [0.25, 0.3) is 0 Å². The molecule has 0 aromatic heterocycles. The van der Waals surface area contributed by atoms with Gasteiger partial charge in [0.15, 0.2) is 11.6 Å². The molecule has 0 aliphatic heterocycles. The number of carbonyl (C=O) groups excluding carboxylic acids is 1. The molecule has 13 heavy (non-hydrogen) atoms. The summed E-state index contributed by atoms with van der Waals surface area (Å²) in [7, 11) is 0. The van der Waals surface area contributed by atoms with Crippen LogP contribution in [-0.2, 0) is 0 Å². The van der Waals surface area contributed by atoms with Gasteiger partial charge in [-0.1, -0.05) is 0 Å². The minimum Gasteiger partial charge on any atom is -0.407 e. The summed E-state index contributed by atoms with van der Waals surface area (Å²) >= 11 is 0. The maximum absolute atomic E-state index is 12.8. The highest BCUT2D eigenvalue weighted by Crippen LogP contribution is 2.22. The number of halogens is 2. The van der Waals surface area contributed by atoms with Crippen molar-refractivity contribution in [2.24, 2.45) is 5.73 Å². The number of rotatable bonds is 1. The molecule has 0 unspecified atom stereocenters. The molecule has 70 valence electrons. The first-order valence-corrected chi connectivity index (χ1v) is 3.22. The molecule has 6 heteroatoms. The van der Waals surface area contributed by atoms with E-state index in [2.05, 4.69) is 10.5 Å².